The highest BCUT2D eigenvalue weighted by Crippen LogP contribution is 2.25. The summed E-state index contributed by atoms with van der Waals surface area (Å²) in [5, 5.41) is 2.76. The zero-order valence-electron chi connectivity index (χ0n) is 14.2. The monoisotopic (exact) mass is 377 g/mol. The molecule has 2 aliphatic rings. The fourth-order valence-corrected chi connectivity index (χ4v) is 3.47. The van der Waals surface area contributed by atoms with Crippen LogP contribution >= 0.6 is 0 Å². The van der Waals surface area contributed by atoms with Gasteiger partial charge < -0.3 is 19.7 Å². The average Bonchev–Trinajstić information content (AvgIpc) is 2.64. The van der Waals surface area contributed by atoms with Crippen molar-refractivity contribution in [1.29, 1.82) is 0 Å². The number of hydrogen-bond acceptors (Lipinski definition) is 6. The lowest BCUT2D eigenvalue weighted by atomic mass is 10.2. The number of sulfonamides is 1. The third-order valence-corrected chi connectivity index (χ3v) is 4.96. The molecule has 26 heavy (non-hydrogen) atoms. The Bertz CT molecular complexity index is 889. The lowest BCUT2D eigenvalue weighted by molar-refractivity contribution is -0.117. The van der Waals surface area contributed by atoms with Crippen LogP contribution in [0.2, 0.25) is 0 Å². The van der Waals surface area contributed by atoms with Crippen LogP contribution in [0, 0.1) is 0 Å². The van der Waals surface area contributed by atoms with Gasteiger partial charge in [0.25, 0.3) is 15.9 Å². The molecular formula is C17H19N3O5S. The Morgan fingerprint density at radius 1 is 1.27 bits per heavy atom. The van der Waals surface area contributed by atoms with Gasteiger partial charge in [0, 0.05) is 12.7 Å². The summed E-state index contributed by atoms with van der Waals surface area (Å²) >= 11 is 0. The number of benzene rings is 1. The maximum absolute atomic E-state index is 12.2. The summed E-state index contributed by atoms with van der Waals surface area (Å²) in [6.07, 6.45) is 4.67. The van der Waals surface area contributed by atoms with Gasteiger partial charge >= 0.3 is 0 Å². The molecule has 1 amide bonds. The predicted octanol–water partition coefficient (Wildman–Crippen LogP) is 0.688. The van der Waals surface area contributed by atoms with E-state index in [9.17, 15) is 13.2 Å². The lowest BCUT2D eigenvalue weighted by Gasteiger charge is -2.26. The van der Waals surface area contributed by atoms with Crippen molar-refractivity contribution >= 4 is 21.8 Å². The van der Waals surface area contributed by atoms with Gasteiger partial charge in [0.1, 0.15) is 12.4 Å². The largest absolute Gasteiger partial charge is 0.493 e. The minimum absolute atomic E-state index is 0.0670. The van der Waals surface area contributed by atoms with Gasteiger partial charge in [-0.25, -0.2) is 8.42 Å². The van der Waals surface area contributed by atoms with Crippen molar-refractivity contribution < 1.29 is 22.7 Å². The molecule has 0 atom stereocenters. The summed E-state index contributed by atoms with van der Waals surface area (Å²) in [5.74, 6) is 1.23. The molecule has 0 bridgehead atoms. The number of methoxy groups -OCH3 is 1. The summed E-state index contributed by atoms with van der Waals surface area (Å²) < 4.78 is 37.4. The number of hydrogen-bond donors (Lipinski definition) is 1. The number of carbonyl (C=O) groups excluding carboxylic acids is 1. The smallest absolute Gasteiger partial charge is 0.256 e. The first-order valence-corrected chi connectivity index (χ1v) is 9.62. The van der Waals surface area contributed by atoms with E-state index in [0.717, 1.165) is 0 Å². The third-order valence-electron chi connectivity index (χ3n) is 3.80. The normalized spacial score (nSPS) is 17.7. The average molecular weight is 377 g/mol. The van der Waals surface area contributed by atoms with Crippen LogP contribution in [0.25, 0.3) is 0 Å². The van der Waals surface area contributed by atoms with Gasteiger partial charge in [-0.1, -0.05) is 12.1 Å². The molecule has 1 aromatic rings. The molecule has 0 unspecified atom stereocenters. The van der Waals surface area contributed by atoms with E-state index in [0.29, 0.717) is 29.5 Å². The van der Waals surface area contributed by atoms with Crippen molar-refractivity contribution in [2.24, 2.45) is 4.40 Å². The number of amides is 1. The number of para-hydroxylation sites is 2. The molecule has 0 aromatic heterocycles. The van der Waals surface area contributed by atoms with Crippen LogP contribution in [0.3, 0.4) is 0 Å². The molecule has 0 saturated heterocycles. The van der Waals surface area contributed by atoms with Crippen molar-refractivity contribution in [2.45, 2.75) is 0 Å². The van der Waals surface area contributed by atoms with E-state index in [-0.39, 0.29) is 24.8 Å². The first-order valence-electron chi connectivity index (χ1n) is 8.02. The Balaban J connectivity index is 1.52. The summed E-state index contributed by atoms with van der Waals surface area (Å²) in [5.41, 5.74) is 0.431. The quantitative estimate of drug-likeness (QED) is 0.733. The number of fused-ring (bicyclic) bond motifs is 1. The van der Waals surface area contributed by atoms with Gasteiger partial charge in [-0.2, -0.15) is 0 Å². The molecule has 0 saturated carbocycles. The minimum Gasteiger partial charge on any atom is -0.493 e. The SMILES string of the molecule is COc1ccccc1OCCNC(=O)C1=CN2CCS(=O)(=O)N=C2C=C1. The summed E-state index contributed by atoms with van der Waals surface area (Å²) in [6, 6.07) is 7.27. The number of carbonyl (C=O) groups is 1. The van der Waals surface area contributed by atoms with Crippen molar-refractivity contribution in [3.63, 3.8) is 0 Å². The summed E-state index contributed by atoms with van der Waals surface area (Å²) in [4.78, 5) is 13.9. The van der Waals surface area contributed by atoms with Crippen LogP contribution in [0.15, 0.2) is 52.6 Å². The van der Waals surface area contributed by atoms with Crippen LogP contribution in [-0.2, 0) is 14.8 Å². The topological polar surface area (TPSA) is 97.3 Å². The van der Waals surface area contributed by atoms with Gasteiger partial charge in [-0.15, -0.1) is 4.40 Å². The van der Waals surface area contributed by atoms with Gasteiger partial charge in [0.2, 0.25) is 0 Å². The van der Waals surface area contributed by atoms with E-state index >= 15 is 0 Å². The molecule has 0 fully saturated rings. The second-order valence-electron chi connectivity index (χ2n) is 5.60. The zero-order chi connectivity index (χ0) is 18.6. The predicted molar refractivity (Wildman–Crippen MR) is 96.6 cm³/mol. The molecule has 138 valence electrons. The maximum atomic E-state index is 12.2. The second-order valence-corrected chi connectivity index (χ2v) is 7.36. The van der Waals surface area contributed by atoms with Crippen LogP contribution in [0.1, 0.15) is 0 Å². The molecule has 0 spiro atoms. The molecule has 2 heterocycles. The highest BCUT2D eigenvalue weighted by atomic mass is 32.2. The molecule has 8 nitrogen and oxygen atoms in total. The van der Waals surface area contributed by atoms with Crippen LogP contribution in [-0.4, -0.2) is 57.6 Å². The molecular weight excluding hydrogens is 358 g/mol. The molecule has 2 aliphatic heterocycles. The van der Waals surface area contributed by atoms with Gasteiger partial charge in [0.05, 0.1) is 25.0 Å². The van der Waals surface area contributed by atoms with Crippen molar-refractivity contribution in [2.75, 3.05) is 32.6 Å². The fraction of sp³-hybridized carbons (Fsp3) is 0.294. The van der Waals surface area contributed by atoms with Gasteiger partial charge in [0.15, 0.2) is 11.5 Å². The molecule has 1 aromatic carbocycles. The number of amidine groups is 1. The standard InChI is InChI=1S/C17H19N3O5S/c1-24-14-4-2-3-5-15(14)25-10-8-18-17(21)13-6-7-16-19-26(22,23)11-9-20(16)12-13/h2-7,12H,8-11H2,1H3,(H,18,21). The van der Waals surface area contributed by atoms with Gasteiger partial charge in [-0.3, -0.25) is 4.79 Å². The van der Waals surface area contributed by atoms with Crippen LogP contribution < -0.4 is 14.8 Å². The van der Waals surface area contributed by atoms with Crippen molar-refractivity contribution in [3.8, 4) is 11.5 Å². The van der Waals surface area contributed by atoms with E-state index in [2.05, 4.69) is 9.71 Å². The Kier molecular flexibility index (Phi) is 5.27. The van der Waals surface area contributed by atoms with Crippen LogP contribution in [0.4, 0.5) is 0 Å². The first-order chi connectivity index (χ1) is 12.5. The Hall–Kier alpha value is -2.81. The maximum Gasteiger partial charge on any atom is 0.256 e. The fourth-order valence-electron chi connectivity index (χ4n) is 2.50. The minimum atomic E-state index is -3.40. The molecule has 3 rings (SSSR count). The highest BCUT2D eigenvalue weighted by molar-refractivity contribution is 7.90. The van der Waals surface area contributed by atoms with E-state index < -0.39 is 10.0 Å². The first kappa shape index (κ1) is 18.0. The highest BCUT2D eigenvalue weighted by Gasteiger charge is 2.24. The summed E-state index contributed by atoms with van der Waals surface area (Å²) in [7, 11) is -1.84. The Morgan fingerprint density at radius 3 is 2.81 bits per heavy atom. The second kappa shape index (κ2) is 7.61. The van der Waals surface area contributed by atoms with E-state index in [1.165, 1.54) is 6.08 Å². The molecule has 0 aliphatic carbocycles. The van der Waals surface area contributed by atoms with Crippen molar-refractivity contribution in [3.05, 3.63) is 48.2 Å². The summed E-state index contributed by atoms with van der Waals surface area (Å²) in [6.45, 7) is 0.883. The molecule has 9 heteroatoms. The number of nitrogens with zero attached hydrogens (tertiary/aromatic N) is 2. The van der Waals surface area contributed by atoms with E-state index in [4.69, 9.17) is 9.47 Å². The number of rotatable bonds is 6. The van der Waals surface area contributed by atoms with Crippen LogP contribution in [0.5, 0.6) is 11.5 Å². The number of nitrogens with one attached hydrogen (secondary N) is 1. The number of ether oxygens (including phenoxy) is 2. The zero-order valence-corrected chi connectivity index (χ0v) is 15.0. The van der Waals surface area contributed by atoms with E-state index in [1.54, 1.807) is 36.4 Å². The Labute approximate surface area is 151 Å². The van der Waals surface area contributed by atoms with Gasteiger partial charge in [-0.05, 0) is 24.3 Å². The lowest BCUT2D eigenvalue weighted by Crippen LogP contribution is -2.38. The Morgan fingerprint density at radius 2 is 2.04 bits per heavy atom. The third kappa shape index (κ3) is 4.23. The van der Waals surface area contributed by atoms with Crippen molar-refractivity contribution in [1.82, 2.24) is 10.2 Å². The van der Waals surface area contributed by atoms with E-state index in [1.807, 2.05) is 12.1 Å². The molecule has 0 radical (unpaired) electrons. The molecule has 1 N–H and O–H groups in total.